The Kier molecular flexibility index (Phi) is 3.89. The zero-order valence-electron chi connectivity index (χ0n) is 6.18. The lowest BCUT2D eigenvalue weighted by Crippen LogP contribution is -1.80. The summed E-state index contributed by atoms with van der Waals surface area (Å²) in [5.41, 5.74) is 0.825. The van der Waals surface area contributed by atoms with Gasteiger partial charge in [-0.2, -0.15) is 0 Å². The second-order valence-corrected chi connectivity index (χ2v) is 3.67. The molecule has 4 heteroatoms. The van der Waals surface area contributed by atoms with Crippen LogP contribution < -0.4 is 0 Å². The van der Waals surface area contributed by atoms with Crippen molar-refractivity contribution in [2.24, 2.45) is 0 Å². The Morgan fingerprint density at radius 3 is 2.25 bits per heavy atom. The summed E-state index contributed by atoms with van der Waals surface area (Å²) in [5.74, 6) is 0. The fraction of sp³-hybridized carbons (Fsp3) is 0. The zero-order chi connectivity index (χ0) is 8.97. The minimum atomic E-state index is -2.03. The van der Waals surface area contributed by atoms with E-state index >= 15 is 0 Å². The third-order valence-electron chi connectivity index (χ3n) is 1.39. The van der Waals surface area contributed by atoms with Gasteiger partial charge in [-0.05, 0) is 10.5 Å². The van der Waals surface area contributed by atoms with Crippen molar-refractivity contribution < 1.29 is 9.79 Å². The largest absolute Gasteiger partial charge is 0.347 e. The summed E-state index contributed by atoms with van der Waals surface area (Å²) in [6.07, 6.45) is 0. The molecule has 1 rings (SSSR count). The normalized spacial score (nSPS) is 12.2. The van der Waals surface area contributed by atoms with Gasteiger partial charge in [0, 0.05) is 5.31 Å². The first kappa shape index (κ1) is 9.87. The van der Waals surface area contributed by atoms with Crippen molar-refractivity contribution >= 4 is 29.6 Å². The van der Waals surface area contributed by atoms with E-state index < -0.39 is 8.38 Å². The number of rotatable bonds is 2. The summed E-state index contributed by atoms with van der Waals surface area (Å²) in [6.45, 7) is 0. The summed E-state index contributed by atoms with van der Waals surface area (Å²) in [4.78, 5) is 19.5. The van der Waals surface area contributed by atoms with Gasteiger partial charge >= 0.3 is 0 Å². The fourth-order valence-corrected chi connectivity index (χ4v) is 2.11. The predicted octanol–water partition coefficient (Wildman–Crippen LogP) is 2.68. The second-order valence-electron chi connectivity index (χ2n) is 2.15. The van der Waals surface area contributed by atoms with Crippen LogP contribution in [0.15, 0.2) is 35.3 Å². The Morgan fingerprint density at radius 2 is 1.83 bits per heavy atom. The summed E-state index contributed by atoms with van der Waals surface area (Å²) in [5, 5.41) is 0.519. The maximum atomic E-state index is 8.99. The van der Waals surface area contributed by atoms with Gasteiger partial charge in [-0.25, -0.2) is 0 Å². The summed E-state index contributed by atoms with van der Waals surface area (Å²) in [6, 6.07) is 9.24. The van der Waals surface area contributed by atoms with Crippen LogP contribution in [0.25, 0.3) is 5.31 Å². The molecule has 2 N–H and O–H groups in total. The van der Waals surface area contributed by atoms with Crippen LogP contribution in [0.1, 0.15) is 5.56 Å². The van der Waals surface area contributed by atoms with E-state index in [2.05, 4.69) is 15.9 Å². The Hall–Kier alpha value is -0.210. The molecule has 1 aromatic rings. The fourth-order valence-electron chi connectivity index (χ4n) is 0.831. The SMILES string of the molecule is OP(O)C(=CBr)c1ccccc1. The van der Waals surface area contributed by atoms with Crippen molar-refractivity contribution in [2.75, 3.05) is 0 Å². The molecule has 0 heterocycles. The maximum Gasteiger partial charge on any atom is 0.200 e. The molecular weight excluding hydrogens is 239 g/mol. The Labute approximate surface area is 80.6 Å². The van der Waals surface area contributed by atoms with E-state index in [0.29, 0.717) is 5.31 Å². The first-order chi connectivity index (χ1) is 5.75. The maximum absolute atomic E-state index is 8.99. The van der Waals surface area contributed by atoms with Crippen LogP contribution in [0.2, 0.25) is 0 Å². The van der Waals surface area contributed by atoms with Crippen molar-refractivity contribution in [3.8, 4) is 0 Å². The lowest BCUT2D eigenvalue weighted by atomic mass is 10.2. The van der Waals surface area contributed by atoms with Crippen LogP contribution in [0.5, 0.6) is 0 Å². The van der Waals surface area contributed by atoms with Crippen molar-refractivity contribution in [3.63, 3.8) is 0 Å². The molecule has 1 aromatic carbocycles. The molecule has 0 aliphatic heterocycles. The quantitative estimate of drug-likeness (QED) is 0.788. The van der Waals surface area contributed by atoms with Crippen LogP contribution in [0.4, 0.5) is 0 Å². The molecule has 0 aliphatic rings. The highest BCUT2D eigenvalue weighted by atomic mass is 79.9. The molecule has 0 atom stereocenters. The van der Waals surface area contributed by atoms with Crippen LogP contribution in [-0.4, -0.2) is 9.79 Å². The molecule has 0 saturated heterocycles. The smallest absolute Gasteiger partial charge is 0.200 e. The van der Waals surface area contributed by atoms with Crippen molar-refractivity contribution in [3.05, 3.63) is 40.9 Å². The van der Waals surface area contributed by atoms with Gasteiger partial charge in [-0.15, -0.1) is 0 Å². The van der Waals surface area contributed by atoms with E-state index in [1.54, 1.807) is 0 Å². The van der Waals surface area contributed by atoms with Gasteiger partial charge in [0.25, 0.3) is 0 Å². The van der Waals surface area contributed by atoms with E-state index in [1.165, 1.54) is 4.99 Å². The molecule has 2 nitrogen and oxygen atoms in total. The molecule has 0 aromatic heterocycles. The molecule has 0 fully saturated rings. The first-order valence-electron chi connectivity index (χ1n) is 3.29. The van der Waals surface area contributed by atoms with Crippen molar-refractivity contribution in [1.29, 1.82) is 0 Å². The number of benzene rings is 1. The Morgan fingerprint density at radius 1 is 1.25 bits per heavy atom. The van der Waals surface area contributed by atoms with Gasteiger partial charge in [-0.3, -0.25) is 0 Å². The topological polar surface area (TPSA) is 40.5 Å². The molecule has 0 aliphatic carbocycles. The molecule has 0 unspecified atom stereocenters. The highest BCUT2D eigenvalue weighted by molar-refractivity contribution is 9.11. The highest BCUT2D eigenvalue weighted by Gasteiger charge is 2.08. The van der Waals surface area contributed by atoms with Gasteiger partial charge in [0.05, 0.1) is 0 Å². The predicted molar refractivity (Wildman–Crippen MR) is 54.7 cm³/mol. The molecule has 0 saturated carbocycles. The standard InChI is InChI=1S/C8H8BrO2P/c9-6-8(12(10)11)7-4-2-1-3-5-7/h1-6,10-11H. The summed E-state index contributed by atoms with van der Waals surface area (Å²) >= 11 is 3.09. The summed E-state index contributed by atoms with van der Waals surface area (Å²) in [7, 11) is -2.03. The Bertz CT molecular complexity index is 272. The van der Waals surface area contributed by atoms with E-state index in [1.807, 2.05) is 30.3 Å². The minimum absolute atomic E-state index is 0.519. The van der Waals surface area contributed by atoms with Gasteiger partial charge in [0.2, 0.25) is 8.38 Å². The lowest BCUT2D eigenvalue weighted by Gasteiger charge is -2.06. The molecule has 12 heavy (non-hydrogen) atoms. The van der Waals surface area contributed by atoms with E-state index in [4.69, 9.17) is 9.79 Å². The number of hydrogen-bond donors (Lipinski definition) is 2. The van der Waals surface area contributed by atoms with E-state index in [0.717, 1.165) is 5.56 Å². The van der Waals surface area contributed by atoms with Gasteiger partial charge in [0.1, 0.15) is 0 Å². The van der Waals surface area contributed by atoms with Crippen molar-refractivity contribution in [1.82, 2.24) is 0 Å². The molecule has 0 spiro atoms. The average Bonchev–Trinajstić information content (AvgIpc) is 2.07. The van der Waals surface area contributed by atoms with E-state index in [9.17, 15) is 0 Å². The summed E-state index contributed by atoms with van der Waals surface area (Å²) < 4.78 is 0. The van der Waals surface area contributed by atoms with Crippen LogP contribution >= 0.6 is 24.3 Å². The molecule has 0 amide bonds. The number of hydrogen-bond acceptors (Lipinski definition) is 2. The van der Waals surface area contributed by atoms with Crippen LogP contribution in [0.3, 0.4) is 0 Å². The average molecular weight is 247 g/mol. The molecule has 0 bridgehead atoms. The van der Waals surface area contributed by atoms with Crippen molar-refractivity contribution in [2.45, 2.75) is 0 Å². The third-order valence-corrected chi connectivity index (χ3v) is 3.02. The number of halogens is 1. The molecule has 0 radical (unpaired) electrons. The minimum Gasteiger partial charge on any atom is -0.347 e. The van der Waals surface area contributed by atoms with E-state index in [-0.39, 0.29) is 0 Å². The van der Waals surface area contributed by atoms with Gasteiger partial charge < -0.3 is 9.79 Å². The Balaban J connectivity index is 2.97. The van der Waals surface area contributed by atoms with Gasteiger partial charge in [-0.1, -0.05) is 46.3 Å². The molecule has 64 valence electrons. The van der Waals surface area contributed by atoms with Gasteiger partial charge in [0.15, 0.2) is 0 Å². The zero-order valence-corrected chi connectivity index (χ0v) is 8.66. The molecular formula is C8H8BrO2P. The lowest BCUT2D eigenvalue weighted by molar-refractivity contribution is 0.498. The van der Waals surface area contributed by atoms with Crippen LogP contribution in [-0.2, 0) is 0 Å². The monoisotopic (exact) mass is 246 g/mol. The first-order valence-corrected chi connectivity index (χ1v) is 5.45. The second kappa shape index (κ2) is 4.73. The third kappa shape index (κ3) is 2.39. The highest BCUT2D eigenvalue weighted by Crippen LogP contribution is 2.43. The van der Waals surface area contributed by atoms with Crippen LogP contribution in [0, 0.1) is 0 Å².